The van der Waals surface area contributed by atoms with Gasteiger partial charge in [-0.25, -0.2) is 4.68 Å². The molecule has 16 heavy (non-hydrogen) atoms. The zero-order valence-electron chi connectivity index (χ0n) is 8.60. The van der Waals surface area contributed by atoms with Crippen molar-refractivity contribution in [2.75, 3.05) is 5.73 Å². The van der Waals surface area contributed by atoms with E-state index in [9.17, 15) is 0 Å². The Labute approximate surface area is 98.3 Å². The first-order valence-corrected chi connectivity index (χ1v) is 5.24. The minimum absolute atomic E-state index is 0.0908. The van der Waals surface area contributed by atoms with Crippen LogP contribution in [0.5, 0.6) is 0 Å². The number of benzene rings is 1. The third-order valence-electron chi connectivity index (χ3n) is 2.38. The Morgan fingerprint density at radius 2 is 2.00 bits per heavy atom. The maximum absolute atomic E-state index is 8.98. The number of aromatic nitrogens is 2. The van der Waals surface area contributed by atoms with Crippen LogP contribution in [0.4, 0.5) is 5.82 Å². The summed E-state index contributed by atoms with van der Waals surface area (Å²) in [7, 11) is 0. The normalized spacial score (nSPS) is 10.6. The van der Waals surface area contributed by atoms with E-state index in [1.807, 2.05) is 24.3 Å². The summed E-state index contributed by atoms with van der Waals surface area (Å²) >= 11 is 5.79. The molecule has 0 amide bonds. The third kappa shape index (κ3) is 2.18. The van der Waals surface area contributed by atoms with Crippen LogP contribution in [0, 0.1) is 0 Å². The van der Waals surface area contributed by atoms with Gasteiger partial charge in [0.2, 0.25) is 0 Å². The van der Waals surface area contributed by atoms with Crippen molar-refractivity contribution in [3.05, 3.63) is 46.6 Å². The third-order valence-corrected chi connectivity index (χ3v) is 2.63. The van der Waals surface area contributed by atoms with E-state index in [0.717, 1.165) is 5.56 Å². The zero-order valence-corrected chi connectivity index (χ0v) is 9.35. The van der Waals surface area contributed by atoms with Crippen LogP contribution in [-0.4, -0.2) is 14.9 Å². The highest BCUT2D eigenvalue weighted by molar-refractivity contribution is 6.30. The molecule has 5 heteroatoms. The second kappa shape index (κ2) is 4.55. The first kappa shape index (κ1) is 11.0. The van der Waals surface area contributed by atoms with Crippen molar-refractivity contribution < 1.29 is 5.11 Å². The molecule has 0 fully saturated rings. The van der Waals surface area contributed by atoms with Crippen molar-refractivity contribution in [2.24, 2.45) is 0 Å². The Balaban J connectivity index is 2.20. The topological polar surface area (TPSA) is 64.1 Å². The summed E-state index contributed by atoms with van der Waals surface area (Å²) in [5.74, 6) is 0.498. The van der Waals surface area contributed by atoms with Gasteiger partial charge in [-0.3, -0.25) is 0 Å². The Hall–Kier alpha value is -1.52. The summed E-state index contributed by atoms with van der Waals surface area (Å²) in [6, 6.07) is 7.48. The number of halogens is 1. The van der Waals surface area contributed by atoms with Crippen LogP contribution < -0.4 is 5.73 Å². The second-order valence-corrected chi connectivity index (χ2v) is 3.93. The molecule has 4 nitrogen and oxygen atoms in total. The molecule has 2 rings (SSSR count). The Bertz CT molecular complexity index is 478. The summed E-state index contributed by atoms with van der Waals surface area (Å²) in [5.41, 5.74) is 7.51. The number of nitrogen functional groups attached to an aromatic ring is 1. The molecule has 0 bridgehead atoms. The molecule has 0 saturated heterocycles. The van der Waals surface area contributed by atoms with E-state index in [2.05, 4.69) is 5.10 Å². The highest BCUT2D eigenvalue weighted by Crippen LogP contribution is 2.14. The molecule has 0 unspecified atom stereocenters. The van der Waals surface area contributed by atoms with Crippen LogP contribution in [0.2, 0.25) is 5.02 Å². The predicted molar refractivity (Wildman–Crippen MR) is 63.1 cm³/mol. The fourth-order valence-electron chi connectivity index (χ4n) is 1.44. The number of hydrogen-bond acceptors (Lipinski definition) is 3. The molecule has 0 atom stereocenters. The van der Waals surface area contributed by atoms with Gasteiger partial charge in [0.15, 0.2) is 0 Å². The average Bonchev–Trinajstić information content (AvgIpc) is 2.63. The van der Waals surface area contributed by atoms with E-state index >= 15 is 0 Å². The fourth-order valence-corrected chi connectivity index (χ4v) is 1.57. The van der Waals surface area contributed by atoms with Crippen LogP contribution in [-0.2, 0) is 13.2 Å². The van der Waals surface area contributed by atoms with Gasteiger partial charge in [0.25, 0.3) is 0 Å². The van der Waals surface area contributed by atoms with Gasteiger partial charge in [0.1, 0.15) is 5.82 Å². The van der Waals surface area contributed by atoms with Crippen LogP contribution in [0.3, 0.4) is 0 Å². The summed E-state index contributed by atoms with van der Waals surface area (Å²) in [4.78, 5) is 0. The molecule has 0 spiro atoms. The minimum atomic E-state index is -0.0908. The smallest absolute Gasteiger partial charge is 0.127 e. The van der Waals surface area contributed by atoms with Crippen LogP contribution in [0.15, 0.2) is 30.5 Å². The first-order valence-electron chi connectivity index (χ1n) is 4.86. The molecule has 1 heterocycles. The Morgan fingerprint density at radius 3 is 2.56 bits per heavy atom. The number of rotatable bonds is 3. The molecule has 84 valence electrons. The lowest BCUT2D eigenvalue weighted by Crippen LogP contribution is -2.06. The van der Waals surface area contributed by atoms with Gasteiger partial charge in [0, 0.05) is 10.6 Å². The van der Waals surface area contributed by atoms with Gasteiger partial charge in [0.05, 0.1) is 19.3 Å². The van der Waals surface area contributed by atoms with E-state index in [1.165, 1.54) is 0 Å². The second-order valence-electron chi connectivity index (χ2n) is 3.50. The molecule has 0 aliphatic carbocycles. The number of nitrogens with zero attached hydrogens (tertiary/aromatic N) is 2. The molecule has 0 aliphatic heterocycles. The largest absolute Gasteiger partial charge is 0.391 e. The Morgan fingerprint density at radius 1 is 1.31 bits per heavy atom. The molecular formula is C11H12ClN3O. The van der Waals surface area contributed by atoms with E-state index in [4.69, 9.17) is 22.4 Å². The van der Waals surface area contributed by atoms with Crippen molar-refractivity contribution in [1.82, 2.24) is 9.78 Å². The lowest BCUT2D eigenvalue weighted by atomic mass is 10.2. The number of hydrogen-bond donors (Lipinski definition) is 2. The first-order chi connectivity index (χ1) is 7.70. The molecule has 2 aromatic rings. The molecule has 0 saturated carbocycles. The summed E-state index contributed by atoms with van der Waals surface area (Å²) in [6.45, 7) is 0.482. The van der Waals surface area contributed by atoms with Crippen molar-refractivity contribution in [1.29, 1.82) is 0 Å². The molecule has 1 aromatic carbocycles. The zero-order chi connectivity index (χ0) is 11.5. The number of aliphatic hydroxyl groups is 1. The number of anilines is 1. The van der Waals surface area contributed by atoms with Gasteiger partial charge in [-0.05, 0) is 17.7 Å². The standard InChI is InChI=1S/C11H12ClN3O/c12-10-3-1-8(2-4-10)6-15-11(13)9(7-16)5-14-15/h1-5,16H,6-7,13H2. The Kier molecular flexibility index (Phi) is 3.12. The molecule has 3 N–H and O–H groups in total. The maximum atomic E-state index is 8.98. The van der Waals surface area contributed by atoms with E-state index < -0.39 is 0 Å². The highest BCUT2D eigenvalue weighted by atomic mass is 35.5. The SMILES string of the molecule is Nc1c(CO)cnn1Cc1ccc(Cl)cc1. The summed E-state index contributed by atoms with van der Waals surface area (Å²) < 4.78 is 1.65. The van der Waals surface area contributed by atoms with Gasteiger partial charge < -0.3 is 10.8 Å². The fraction of sp³-hybridized carbons (Fsp3) is 0.182. The van der Waals surface area contributed by atoms with Gasteiger partial charge >= 0.3 is 0 Å². The van der Waals surface area contributed by atoms with Gasteiger partial charge in [-0.2, -0.15) is 5.10 Å². The molecule has 0 radical (unpaired) electrons. The number of aliphatic hydroxyl groups excluding tert-OH is 1. The predicted octanol–water partition coefficient (Wildman–Crippen LogP) is 1.66. The van der Waals surface area contributed by atoms with Crippen molar-refractivity contribution in [3.8, 4) is 0 Å². The van der Waals surface area contributed by atoms with Crippen LogP contribution in [0.1, 0.15) is 11.1 Å². The average molecular weight is 238 g/mol. The molecular weight excluding hydrogens is 226 g/mol. The van der Waals surface area contributed by atoms with E-state index in [1.54, 1.807) is 10.9 Å². The lowest BCUT2D eigenvalue weighted by molar-refractivity contribution is 0.282. The van der Waals surface area contributed by atoms with Crippen molar-refractivity contribution in [2.45, 2.75) is 13.2 Å². The van der Waals surface area contributed by atoms with E-state index in [0.29, 0.717) is 22.9 Å². The highest BCUT2D eigenvalue weighted by Gasteiger charge is 2.06. The molecule has 0 aliphatic rings. The molecule has 1 aromatic heterocycles. The van der Waals surface area contributed by atoms with Crippen LogP contribution in [0.25, 0.3) is 0 Å². The monoisotopic (exact) mass is 237 g/mol. The summed E-state index contributed by atoms with van der Waals surface area (Å²) in [6.07, 6.45) is 1.57. The van der Waals surface area contributed by atoms with Gasteiger partial charge in [-0.15, -0.1) is 0 Å². The summed E-state index contributed by atoms with van der Waals surface area (Å²) in [5, 5.41) is 13.8. The van der Waals surface area contributed by atoms with Crippen molar-refractivity contribution >= 4 is 17.4 Å². The van der Waals surface area contributed by atoms with Crippen LogP contribution >= 0.6 is 11.6 Å². The lowest BCUT2D eigenvalue weighted by Gasteiger charge is -2.05. The van der Waals surface area contributed by atoms with E-state index in [-0.39, 0.29) is 6.61 Å². The quantitative estimate of drug-likeness (QED) is 0.853. The maximum Gasteiger partial charge on any atom is 0.127 e. The number of nitrogens with two attached hydrogens (primary N) is 1. The van der Waals surface area contributed by atoms with Gasteiger partial charge in [-0.1, -0.05) is 23.7 Å². The minimum Gasteiger partial charge on any atom is -0.391 e. The van der Waals surface area contributed by atoms with Crippen molar-refractivity contribution in [3.63, 3.8) is 0 Å².